The van der Waals surface area contributed by atoms with Crippen LogP contribution in [-0.2, 0) is 0 Å². The molecule has 4 N–H and O–H groups in total. The van der Waals surface area contributed by atoms with Crippen LogP contribution in [0.5, 0.6) is 0 Å². The van der Waals surface area contributed by atoms with Crippen molar-refractivity contribution in [3.63, 3.8) is 0 Å². The number of likely N-dealkylation sites (tertiary alicyclic amines) is 2. The third-order valence-corrected chi connectivity index (χ3v) is 6.65. The lowest BCUT2D eigenvalue weighted by Crippen LogP contribution is -2.41. The number of carbonyl (C=O) groups excluding carboxylic acids is 2. The van der Waals surface area contributed by atoms with Crippen molar-refractivity contribution in [2.24, 2.45) is 11.8 Å². The highest BCUT2D eigenvalue weighted by atomic mass is 16.2. The lowest BCUT2D eigenvalue weighted by Gasteiger charge is -2.30. The van der Waals surface area contributed by atoms with Crippen molar-refractivity contribution >= 4 is 23.4 Å². The van der Waals surface area contributed by atoms with Crippen molar-refractivity contribution in [2.75, 3.05) is 63.0 Å². The quantitative estimate of drug-likeness (QED) is 0.478. The van der Waals surface area contributed by atoms with E-state index in [1.807, 2.05) is 19.1 Å². The molecule has 2 aliphatic rings. The largest absolute Gasteiger partial charge is 0.337 e. The minimum absolute atomic E-state index is 0.222. The van der Waals surface area contributed by atoms with Gasteiger partial charge in [-0.3, -0.25) is 0 Å². The fourth-order valence-corrected chi connectivity index (χ4v) is 4.81. The molecule has 3 rings (SSSR count). The summed E-state index contributed by atoms with van der Waals surface area (Å²) in [6.07, 6.45) is 5.06. The molecule has 0 spiro atoms. The standard InChI is InChI=1S/C25H42N6O2/c1-19-6-4-12-30(17-19)14-10-26-24(32)28-22-9-8-21(3)23(16-22)29-25(33)27-11-15-31-13-5-7-20(2)18-31/h8-9,16,19-20H,4-7,10-15,17-18H2,1-3H3,(H2,26,28,32)(H2,27,29,33)/t19-,20+/m1/s1. The average molecular weight is 459 g/mol. The SMILES string of the molecule is Cc1ccc(NC(=O)NCCN2CCC[C@@H](C)C2)cc1NC(=O)NCCN1CCC[C@H](C)C1. The lowest BCUT2D eigenvalue weighted by molar-refractivity contribution is 0.184. The van der Waals surface area contributed by atoms with E-state index >= 15 is 0 Å². The molecule has 8 nitrogen and oxygen atoms in total. The summed E-state index contributed by atoms with van der Waals surface area (Å²) in [5, 5.41) is 11.7. The molecule has 2 fully saturated rings. The fraction of sp³-hybridized carbons (Fsp3) is 0.680. The number of carbonyl (C=O) groups is 2. The van der Waals surface area contributed by atoms with E-state index < -0.39 is 0 Å². The molecule has 2 heterocycles. The lowest BCUT2D eigenvalue weighted by atomic mass is 10.0. The van der Waals surface area contributed by atoms with Gasteiger partial charge >= 0.3 is 12.1 Å². The molecule has 0 unspecified atom stereocenters. The highest BCUT2D eigenvalue weighted by Gasteiger charge is 2.17. The molecule has 184 valence electrons. The monoisotopic (exact) mass is 458 g/mol. The zero-order chi connectivity index (χ0) is 23.6. The van der Waals surface area contributed by atoms with Crippen LogP contribution in [-0.4, -0.2) is 74.2 Å². The van der Waals surface area contributed by atoms with E-state index in [9.17, 15) is 9.59 Å². The maximum Gasteiger partial charge on any atom is 0.319 e. The van der Waals surface area contributed by atoms with Gasteiger partial charge in [0.2, 0.25) is 0 Å². The number of nitrogens with zero attached hydrogens (tertiary/aromatic N) is 2. The Balaban J connectivity index is 1.38. The van der Waals surface area contributed by atoms with Gasteiger partial charge in [-0.2, -0.15) is 0 Å². The Labute approximate surface area is 198 Å². The molecule has 0 bridgehead atoms. The van der Waals surface area contributed by atoms with Gasteiger partial charge in [-0.1, -0.05) is 19.9 Å². The van der Waals surface area contributed by atoms with E-state index in [1.165, 1.54) is 25.7 Å². The van der Waals surface area contributed by atoms with E-state index in [1.54, 1.807) is 6.07 Å². The molecule has 2 atom stereocenters. The number of hydrogen-bond donors (Lipinski definition) is 4. The van der Waals surface area contributed by atoms with Crippen molar-refractivity contribution in [2.45, 2.75) is 46.5 Å². The molecule has 1 aromatic rings. The van der Waals surface area contributed by atoms with Crippen LogP contribution in [0.2, 0.25) is 0 Å². The van der Waals surface area contributed by atoms with Crippen LogP contribution >= 0.6 is 0 Å². The summed E-state index contributed by atoms with van der Waals surface area (Å²) in [7, 11) is 0. The van der Waals surface area contributed by atoms with Gasteiger partial charge < -0.3 is 31.1 Å². The summed E-state index contributed by atoms with van der Waals surface area (Å²) in [6, 6.07) is 5.10. The number of nitrogens with one attached hydrogen (secondary N) is 4. The van der Waals surface area contributed by atoms with Crippen molar-refractivity contribution < 1.29 is 9.59 Å². The number of hydrogen-bond acceptors (Lipinski definition) is 4. The molecule has 4 amide bonds. The molecular formula is C25H42N6O2. The van der Waals surface area contributed by atoms with Gasteiger partial charge in [0, 0.05) is 50.6 Å². The summed E-state index contributed by atoms with van der Waals surface area (Å²) >= 11 is 0. The Kier molecular flexibility index (Phi) is 9.81. The van der Waals surface area contributed by atoms with Crippen LogP contribution in [0.1, 0.15) is 45.1 Å². The Hall–Kier alpha value is -2.32. The Morgan fingerprint density at radius 1 is 0.879 bits per heavy atom. The van der Waals surface area contributed by atoms with Gasteiger partial charge in [-0.15, -0.1) is 0 Å². The first-order chi connectivity index (χ1) is 15.9. The number of amides is 4. The normalized spacial score (nSPS) is 21.9. The number of benzene rings is 1. The summed E-state index contributed by atoms with van der Waals surface area (Å²) in [5.74, 6) is 1.47. The summed E-state index contributed by atoms with van der Waals surface area (Å²) in [5.41, 5.74) is 2.29. The summed E-state index contributed by atoms with van der Waals surface area (Å²) in [4.78, 5) is 29.5. The third-order valence-electron chi connectivity index (χ3n) is 6.65. The molecule has 2 saturated heterocycles. The maximum atomic E-state index is 12.4. The Bertz CT molecular complexity index is 786. The molecule has 0 radical (unpaired) electrons. The van der Waals surface area contributed by atoms with E-state index in [0.717, 1.165) is 56.7 Å². The zero-order valence-corrected chi connectivity index (χ0v) is 20.6. The van der Waals surface area contributed by atoms with Gasteiger partial charge in [-0.05, 0) is 75.2 Å². The number of piperidine rings is 2. The number of aryl methyl sites for hydroxylation is 1. The number of rotatable bonds is 8. The van der Waals surface area contributed by atoms with Gasteiger partial charge in [-0.25, -0.2) is 9.59 Å². The van der Waals surface area contributed by atoms with E-state index in [0.29, 0.717) is 24.5 Å². The summed E-state index contributed by atoms with van der Waals surface area (Å²) in [6.45, 7) is 13.9. The summed E-state index contributed by atoms with van der Waals surface area (Å²) < 4.78 is 0. The number of anilines is 2. The van der Waals surface area contributed by atoms with Crippen LogP contribution < -0.4 is 21.3 Å². The average Bonchev–Trinajstić information content (AvgIpc) is 2.76. The second-order valence-corrected chi connectivity index (χ2v) is 9.89. The van der Waals surface area contributed by atoms with Gasteiger partial charge in [0.05, 0.1) is 0 Å². The minimum atomic E-state index is -0.227. The first-order valence-electron chi connectivity index (χ1n) is 12.5. The molecule has 0 aromatic heterocycles. The second kappa shape index (κ2) is 12.8. The van der Waals surface area contributed by atoms with Crippen LogP contribution in [0.25, 0.3) is 0 Å². The first-order valence-corrected chi connectivity index (χ1v) is 12.5. The first kappa shape index (κ1) is 25.3. The highest BCUT2D eigenvalue weighted by Crippen LogP contribution is 2.20. The van der Waals surface area contributed by atoms with Crippen molar-refractivity contribution in [1.82, 2.24) is 20.4 Å². The van der Waals surface area contributed by atoms with Gasteiger partial charge in [0.25, 0.3) is 0 Å². The van der Waals surface area contributed by atoms with Crippen molar-refractivity contribution in [1.29, 1.82) is 0 Å². The minimum Gasteiger partial charge on any atom is -0.337 e. The Morgan fingerprint density at radius 3 is 1.97 bits per heavy atom. The molecule has 8 heteroatoms. The van der Waals surface area contributed by atoms with Gasteiger partial charge in [0.15, 0.2) is 0 Å². The van der Waals surface area contributed by atoms with E-state index in [-0.39, 0.29) is 12.1 Å². The predicted octanol–water partition coefficient (Wildman–Crippen LogP) is 3.70. The van der Waals surface area contributed by atoms with E-state index in [2.05, 4.69) is 44.9 Å². The van der Waals surface area contributed by atoms with Crippen LogP contribution in [0.3, 0.4) is 0 Å². The maximum absolute atomic E-state index is 12.4. The molecule has 0 aliphatic carbocycles. The Morgan fingerprint density at radius 2 is 1.42 bits per heavy atom. The third kappa shape index (κ3) is 8.85. The molecule has 0 saturated carbocycles. The van der Waals surface area contributed by atoms with Crippen molar-refractivity contribution in [3.05, 3.63) is 23.8 Å². The van der Waals surface area contributed by atoms with Gasteiger partial charge in [0.1, 0.15) is 0 Å². The molecule has 33 heavy (non-hydrogen) atoms. The van der Waals surface area contributed by atoms with E-state index in [4.69, 9.17) is 0 Å². The second-order valence-electron chi connectivity index (χ2n) is 9.89. The number of urea groups is 2. The van der Waals surface area contributed by atoms with Crippen LogP contribution in [0.4, 0.5) is 21.0 Å². The highest BCUT2D eigenvalue weighted by molar-refractivity contribution is 5.93. The molecular weight excluding hydrogens is 416 g/mol. The zero-order valence-electron chi connectivity index (χ0n) is 20.6. The smallest absolute Gasteiger partial charge is 0.319 e. The van der Waals surface area contributed by atoms with Crippen LogP contribution in [0, 0.1) is 18.8 Å². The topological polar surface area (TPSA) is 88.7 Å². The predicted molar refractivity (Wildman–Crippen MR) is 135 cm³/mol. The van der Waals surface area contributed by atoms with Crippen LogP contribution in [0.15, 0.2) is 18.2 Å². The fourth-order valence-electron chi connectivity index (χ4n) is 4.81. The van der Waals surface area contributed by atoms with Crippen molar-refractivity contribution in [3.8, 4) is 0 Å². The molecule has 1 aromatic carbocycles. The molecule has 2 aliphatic heterocycles.